The minimum Gasteiger partial charge on any atom is -0.311 e. The van der Waals surface area contributed by atoms with Gasteiger partial charge >= 0.3 is 0 Å². The molecule has 0 bridgehead atoms. The van der Waals surface area contributed by atoms with Gasteiger partial charge in [0.1, 0.15) is 0 Å². The first-order chi connectivity index (χ1) is 40.0. The molecule has 3 aromatic heterocycles. The molecule has 0 aliphatic carbocycles. The number of likely N-dealkylation sites (N-methyl/N-ethyl adjacent to an activating group) is 1. The predicted octanol–water partition coefficient (Wildman–Crippen LogP) is 20.0. The molecule has 4 atom stereocenters. The summed E-state index contributed by atoms with van der Waals surface area (Å²) in [5, 5.41) is 1.11. The van der Waals surface area contributed by atoms with E-state index in [1.54, 1.807) is 34.0 Å². The smallest absolute Gasteiger partial charge is 0.261 e. The molecule has 4 aliphatic heterocycles. The first kappa shape index (κ1) is 63.4. The lowest BCUT2D eigenvalue weighted by atomic mass is 9.88. The Morgan fingerprint density at radius 1 is 0.439 bits per heavy atom. The zero-order chi connectivity index (χ0) is 58.3. The Morgan fingerprint density at radius 3 is 1.40 bits per heavy atom. The highest BCUT2D eigenvalue weighted by Crippen LogP contribution is 2.53. The van der Waals surface area contributed by atoms with E-state index in [0.29, 0.717) is 60.3 Å². The van der Waals surface area contributed by atoms with Gasteiger partial charge in [0, 0.05) is 51.9 Å². The maximum Gasteiger partial charge on any atom is 0.261 e. The number of rotatable bonds is 38. The minimum absolute atomic E-state index is 0.0157. The van der Waals surface area contributed by atoms with Crippen molar-refractivity contribution >= 4 is 94.2 Å². The van der Waals surface area contributed by atoms with Crippen LogP contribution in [0.5, 0.6) is 0 Å². The summed E-state index contributed by atoms with van der Waals surface area (Å²) in [6, 6.07) is 14.9. The fraction of sp³-hybridized carbons (Fsp3) is 0.606. The van der Waals surface area contributed by atoms with Crippen molar-refractivity contribution in [3.8, 4) is 0 Å². The molecule has 0 spiro atoms. The Hall–Kier alpha value is -4.58. The zero-order valence-corrected chi connectivity index (χ0v) is 54.3. The molecule has 0 fully saturated rings. The van der Waals surface area contributed by atoms with Crippen molar-refractivity contribution in [2.75, 3.05) is 26.2 Å². The SMILES string of the molecule is CC/C=C\C(C)C(C)C1=C2C(=O)N(CCCC)C(c3cc4sc(C5=C6C(=O)N(CC)C(c7cc8ccccc8s7)=C6C(=O)N5CC(CCCCCC)CCCCCCCC)cc4s3)=C2C(=O)N1CC(CCCCC)CCCCCCCC. The molecule has 0 N–H and O–H groups in total. The number of benzene rings is 1. The molecule has 0 saturated heterocycles. The number of hydrogen-bond acceptors (Lipinski definition) is 7. The number of nitrogens with zero attached hydrogens (tertiary/aromatic N) is 4. The van der Waals surface area contributed by atoms with Crippen molar-refractivity contribution < 1.29 is 19.2 Å². The molecule has 1 aromatic carbocycles. The number of hydrogen-bond donors (Lipinski definition) is 0. The van der Waals surface area contributed by atoms with Crippen LogP contribution in [-0.4, -0.2) is 69.4 Å². The topological polar surface area (TPSA) is 81.2 Å². The summed E-state index contributed by atoms with van der Waals surface area (Å²) in [6.45, 7) is 22.1. The number of carbonyl (C=O) groups excluding carboxylic acids is 4. The Kier molecular flexibility index (Phi) is 24.0. The molecule has 8 nitrogen and oxygen atoms in total. The summed E-state index contributed by atoms with van der Waals surface area (Å²) < 4.78 is 3.21. The summed E-state index contributed by atoms with van der Waals surface area (Å²) in [5.41, 5.74) is 5.47. The number of carbonyl (C=O) groups is 4. The standard InChI is InChI=1S/C71H100N4O4S3/c1-10-17-23-26-28-32-39-51(37-30-20-13-4)47-74-64(50(9)49(8)36-21-14-5)60-61(70(74)78)66(73(69(60)77)43-22-15-6)58-45-55-56(81-58)46-59(82-55)67-63-62(65(72(16-7)68(63)76)57-44-53-41-34-35-42-54(53)80-57)71(79)75(67)48-52(38-31-25-19-12-3)40-33-29-27-24-18-11-2/h21,34-36,41-42,44-46,49-52H,10-20,22-33,37-40,43,47-48H2,1-9H3/b36-21-. The van der Waals surface area contributed by atoms with Crippen LogP contribution in [-0.2, 0) is 19.2 Å². The molecular formula is C71H100N4O4S3. The van der Waals surface area contributed by atoms with Gasteiger partial charge in [-0.3, -0.25) is 19.2 Å². The maximum atomic E-state index is 15.7. The van der Waals surface area contributed by atoms with Crippen LogP contribution in [0.25, 0.3) is 36.6 Å². The van der Waals surface area contributed by atoms with Crippen molar-refractivity contribution in [3.63, 3.8) is 0 Å². The van der Waals surface area contributed by atoms with Gasteiger partial charge in [0.25, 0.3) is 23.6 Å². The van der Waals surface area contributed by atoms with Crippen LogP contribution in [0.3, 0.4) is 0 Å². The van der Waals surface area contributed by atoms with E-state index in [2.05, 4.69) is 109 Å². The van der Waals surface area contributed by atoms with Gasteiger partial charge in [-0.05, 0) is 92.9 Å². The average molecular weight is 1170 g/mol. The second-order valence-corrected chi connectivity index (χ2v) is 27.6. The third-order valence-corrected chi connectivity index (χ3v) is 21.6. The van der Waals surface area contributed by atoms with Gasteiger partial charge in [0.15, 0.2) is 0 Å². The van der Waals surface area contributed by atoms with Gasteiger partial charge in [0.05, 0.1) is 54.0 Å². The number of allylic oxidation sites excluding steroid dienone is 3. The van der Waals surface area contributed by atoms with E-state index >= 15 is 19.2 Å². The highest BCUT2D eigenvalue weighted by Gasteiger charge is 2.52. The number of amides is 4. The van der Waals surface area contributed by atoms with Crippen LogP contribution in [0.4, 0.5) is 0 Å². The van der Waals surface area contributed by atoms with Crippen LogP contribution in [0.2, 0.25) is 0 Å². The summed E-state index contributed by atoms with van der Waals surface area (Å²) in [4.78, 5) is 72.6. The van der Waals surface area contributed by atoms with Gasteiger partial charge < -0.3 is 19.6 Å². The Balaban J connectivity index is 1.22. The molecule has 4 unspecified atom stereocenters. The fourth-order valence-electron chi connectivity index (χ4n) is 13.3. The number of fused-ring (bicyclic) bond motifs is 4. The number of thiophene rings is 3. The van der Waals surface area contributed by atoms with Crippen molar-refractivity contribution in [2.24, 2.45) is 23.7 Å². The second kappa shape index (κ2) is 31.0. The maximum absolute atomic E-state index is 15.7. The van der Waals surface area contributed by atoms with E-state index in [4.69, 9.17) is 0 Å². The first-order valence-corrected chi connectivity index (χ1v) is 35.4. The molecule has 7 heterocycles. The molecule has 4 aromatic rings. The molecule has 0 saturated carbocycles. The molecule has 4 aliphatic rings. The van der Waals surface area contributed by atoms with Crippen LogP contribution >= 0.6 is 34.0 Å². The highest BCUT2D eigenvalue weighted by atomic mass is 32.1. The third kappa shape index (κ3) is 14.2. The normalized spacial score (nSPS) is 17.4. The van der Waals surface area contributed by atoms with Gasteiger partial charge in [-0.1, -0.05) is 214 Å². The Bertz CT molecular complexity index is 2930. The summed E-state index contributed by atoms with van der Waals surface area (Å²) in [7, 11) is 0. The van der Waals surface area contributed by atoms with Gasteiger partial charge in [-0.25, -0.2) is 0 Å². The van der Waals surface area contributed by atoms with Gasteiger partial charge in [0.2, 0.25) is 0 Å². The number of unbranched alkanes of at least 4 members (excludes halogenated alkanes) is 16. The summed E-state index contributed by atoms with van der Waals surface area (Å²) in [6.07, 6.45) is 34.6. The van der Waals surface area contributed by atoms with E-state index in [1.165, 1.54) is 96.3 Å². The van der Waals surface area contributed by atoms with Crippen molar-refractivity contribution in [3.05, 3.63) is 97.2 Å². The molecule has 8 rings (SSSR count). The molecule has 446 valence electrons. The summed E-state index contributed by atoms with van der Waals surface area (Å²) >= 11 is 4.94. The molecule has 82 heavy (non-hydrogen) atoms. The largest absolute Gasteiger partial charge is 0.311 e. The minimum atomic E-state index is -0.0978. The average Bonchev–Trinajstić information content (AvgIpc) is 2.00. The monoisotopic (exact) mass is 1170 g/mol. The van der Waals surface area contributed by atoms with E-state index < -0.39 is 0 Å². The Morgan fingerprint density at radius 2 is 0.854 bits per heavy atom. The zero-order valence-electron chi connectivity index (χ0n) is 51.9. The molecule has 4 amide bonds. The van der Waals surface area contributed by atoms with E-state index in [1.807, 2.05) is 27.7 Å². The van der Waals surface area contributed by atoms with Crippen LogP contribution < -0.4 is 0 Å². The van der Waals surface area contributed by atoms with E-state index in [-0.39, 0.29) is 35.5 Å². The molecule has 11 heteroatoms. The summed E-state index contributed by atoms with van der Waals surface area (Å²) in [5.74, 6) is 0.566. The molecular weight excluding hydrogens is 1070 g/mol. The van der Waals surface area contributed by atoms with Gasteiger partial charge in [-0.2, -0.15) is 0 Å². The third-order valence-electron chi connectivity index (χ3n) is 18.2. The lowest BCUT2D eigenvalue weighted by Crippen LogP contribution is -2.36. The van der Waals surface area contributed by atoms with Crippen LogP contribution in [0.15, 0.2) is 82.6 Å². The fourth-order valence-corrected chi connectivity index (χ4v) is 17.0. The first-order valence-electron chi connectivity index (χ1n) is 32.9. The second-order valence-electron chi connectivity index (χ2n) is 24.4. The van der Waals surface area contributed by atoms with Crippen molar-refractivity contribution in [1.29, 1.82) is 0 Å². The van der Waals surface area contributed by atoms with Crippen LogP contribution in [0.1, 0.15) is 244 Å². The van der Waals surface area contributed by atoms with E-state index in [9.17, 15) is 0 Å². The molecule has 0 radical (unpaired) electrons. The quantitative estimate of drug-likeness (QED) is 0.0331. The van der Waals surface area contributed by atoms with E-state index in [0.717, 1.165) is 128 Å². The van der Waals surface area contributed by atoms with Crippen molar-refractivity contribution in [1.82, 2.24) is 19.6 Å². The Labute approximate surface area is 506 Å². The lowest BCUT2D eigenvalue weighted by Gasteiger charge is -2.32. The lowest BCUT2D eigenvalue weighted by molar-refractivity contribution is -0.125. The highest BCUT2D eigenvalue weighted by molar-refractivity contribution is 7.28. The van der Waals surface area contributed by atoms with Gasteiger partial charge in [-0.15, -0.1) is 34.0 Å². The van der Waals surface area contributed by atoms with Crippen molar-refractivity contribution in [2.45, 2.75) is 229 Å². The van der Waals surface area contributed by atoms with Crippen LogP contribution in [0, 0.1) is 23.7 Å². The predicted molar refractivity (Wildman–Crippen MR) is 350 cm³/mol.